The van der Waals surface area contributed by atoms with E-state index in [0.717, 1.165) is 12.8 Å². The van der Waals surface area contributed by atoms with Crippen LogP contribution in [0.5, 0.6) is 0 Å². The van der Waals surface area contributed by atoms with E-state index in [4.69, 9.17) is 0 Å². The summed E-state index contributed by atoms with van der Waals surface area (Å²) < 4.78 is 7.47. The molecular weight excluding hydrogens is 407 g/mol. The van der Waals surface area contributed by atoms with Crippen molar-refractivity contribution in [2.24, 2.45) is 0 Å². The van der Waals surface area contributed by atoms with Crippen LogP contribution in [-0.2, 0) is 6.42 Å². The van der Waals surface area contributed by atoms with Crippen LogP contribution in [0.1, 0.15) is 71.3 Å². The van der Waals surface area contributed by atoms with Crippen LogP contribution in [0, 0.1) is 0 Å². The summed E-state index contributed by atoms with van der Waals surface area (Å²) in [4.78, 5) is 0. The van der Waals surface area contributed by atoms with Gasteiger partial charge in [0.1, 0.15) is 0 Å². The molecule has 0 atom stereocenters. The molecule has 0 spiro atoms. The molecule has 0 heterocycles. The molecule has 0 aromatic heterocycles. The fourth-order valence-electron chi connectivity index (χ4n) is 3.54. The first kappa shape index (κ1) is 22.5. The van der Waals surface area contributed by atoms with E-state index in [1.54, 1.807) is 13.3 Å². The van der Waals surface area contributed by atoms with Gasteiger partial charge in [-0.1, -0.05) is 0 Å². The molecule has 0 amide bonds. The first-order chi connectivity index (χ1) is 12.3. The molecule has 25 heavy (non-hydrogen) atoms. The summed E-state index contributed by atoms with van der Waals surface area (Å²) in [7, 11) is 0. The summed E-state index contributed by atoms with van der Waals surface area (Å²) in [5.74, 6) is 0. The van der Waals surface area contributed by atoms with Gasteiger partial charge in [0.25, 0.3) is 0 Å². The van der Waals surface area contributed by atoms with E-state index < -0.39 is 18.4 Å². The molecule has 1 aromatic rings. The Bertz CT molecular complexity index is 450. The Morgan fingerprint density at radius 1 is 0.760 bits per heavy atom. The van der Waals surface area contributed by atoms with Gasteiger partial charge < -0.3 is 0 Å². The Labute approximate surface area is 161 Å². The van der Waals surface area contributed by atoms with Crippen LogP contribution >= 0.6 is 0 Å². The van der Waals surface area contributed by atoms with Crippen LogP contribution in [0.4, 0.5) is 0 Å². The van der Waals surface area contributed by atoms with E-state index in [0.29, 0.717) is 0 Å². The van der Waals surface area contributed by atoms with Crippen LogP contribution < -0.4 is 0 Å². The number of hydrogen-bond acceptors (Lipinski definition) is 0. The van der Waals surface area contributed by atoms with Crippen LogP contribution in [0.15, 0.2) is 52.7 Å². The van der Waals surface area contributed by atoms with Crippen molar-refractivity contribution in [1.82, 2.24) is 0 Å². The molecule has 1 rings (SSSR count). The predicted molar refractivity (Wildman–Crippen MR) is 118 cm³/mol. The average Bonchev–Trinajstić information content (AvgIpc) is 2.66. The first-order valence-electron chi connectivity index (χ1n) is 10.6. The summed E-state index contributed by atoms with van der Waals surface area (Å²) in [5.41, 5.74) is 1.44. The van der Waals surface area contributed by atoms with Crippen LogP contribution in [-0.4, -0.2) is 18.4 Å². The Balaban J connectivity index is 2.59. The molecule has 0 N–H and O–H groups in total. The molecule has 0 unspecified atom stereocenters. The zero-order chi connectivity index (χ0) is 18.2. The van der Waals surface area contributed by atoms with Gasteiger partial charge >= 0.3 is 162 Å². The first-order valence-corrected chi connectivity index (χ1v) is 18.3. The number of aryl methyl sites for hydroxylation is 1. The summed E-state index contributed by atoms with van der Waals surface area (Å²) in [6.07, 6.45) is 17.9. The monoisotopic (exact) mass is 448 g/mol. The minimum atomic E-state index is -2.06. The van der Waals surface area contributed by atoms with E-state index >= 15 is 0 Å². The molecule has 0 fully saturated rings. The fourth-order valence-corrected chi connectivity index (χ4v) is 17.6. The SMILES string of the molecule is CCC[CH2][Sn]([CH]=C/C=C/CCc1ccccc1)([CH2]CCC)[CH2]CCC. The van der Waals surface area contributed by atoms with Crippen LogP contribution in [0.3, 0.4) is 0 Å². The molecular formula is C24H40Sn. The average molecular weight is 447 g/mol. The topological polar surface area (TPSA) is 0 Å². The van der Waals surface area contributed by atoms with Crippen molar-refractivity contribution in [2.45, 2.75) is 85.4 Å². The van der Waals surface area contributed by atoms with Gasteiger partial charge in [-0.2, -0.15) is 0 Å². The molecule has 0 bridgehead atoms. The third-order valence-electron chi connectivity index (χ3n) is 5.22. The molecule has 0 nitrogen and oxygen atoms in total. The van der Waals surface area contributed by atoms with Crippen molar-refractivity contribution in [2.75, 3.05) is 0 Å². The van der Waals surface area contributed by atoms with Crippen molar-refractivity contribution < 1.29 is 0 Å². The molecule has 1 aromatic carbocycles. The number of unbranched alkanes of at least 4 members (excludes halogenated alkanes) is 3. The Morgan fingerprint density at radius 3 is 1.84 bits per heavy atom. The maximum absolute atomic E-state index is 2.76. The second-order valence-corrected chi connectivity index (χ2v) is 20.5. The second kappa shape index (κ2) is 14.6. The van der Waals surface area contributed by atoms with Gasteiger partial charge in [0.15, 0.2) is 0 Å². The molecule has 0 aliphatic rings. The van der Waals surface area contributed by atoms with Gasteiger partial charge in [0, 0.05) is 0 Å². The fraction of sp³-hybridized carbons (Fsp3) is 0.583. The molecule has 0 radical (unpaired) electrons. The standard InChI is InChI=1S/C12H13.3C4H9.Sn/c1-2-3-4-6-9-12-10-7-5-8-11-12;3*1-3-4-2;/h1-5,7-8,10-11H,6,9H2;3*1,3-4H2,2H3;/b2-1?,4-3+;;;;. The Hall–Kier alpha value is -0.501. The Morgan fingerprint density at radius 2 is 1.32 bits per heavy atom. The van der Waals surface area contributed by atoms with E-state index in [-0.39, 0.29) is 0 Å². The van der Waals surface area contributed by atoms with Gasteiger partial charge in [-0.25, -0.2) is 0 Å². The molecule has 140 valence electrons. The second-order valence-electron chi connectivity index (χ2n) is 7.48. The van der Waals surface area contributed by atoms with E-state index in [9.17, 15) is 0 Å². The quantitative estimate of drug-likeness (QED) is 0.200. The van der Waals surface area contributed by atoms with Gasteiger partial charge in [0.2, 0.25) is 0 Å². The Kier molecular flexibility index (Phi) is 13.2. The third kappa shape index (κ3) is 10.3. The molecule has 1 heteroatoms. The maximum atomic E-state index is 2.76. The zero-order valence-corrected chi connectivity index (χ0v) is 19.8. The van der Waals surface area contributed by atoms with Gasteiger partial charge in [0.05, 0.1) is 0 Å². The number of rotatable bonds is 14. The van der Waals surface area contributed by atoms with E-state index in [1.807, 2.05) is 0 Å². The predicted octanol–water partition coefficient (Wildman–Crippen LogP) is 8.12. The van der Waals surface area contributed by atoms with Gasteiger partial charge in [-0.15, -0.1) is 0 Å². The molecule has 0 aliphatic carbocycles. The van der Waals surface area contributed by atoms with Crippen molar-refractivity contribution in [1.29, 1.82) is 0 Å². The van der Waals surface area contributed by atoms with Gasteiger partial charge in [-0.3, -0.25) is 0 Å². The summed E-state index contributed by atoms with van der Waals surface area (Å²) in [5, 5.41) is 0. The normalized spacial score (nSPS) is 12.4. The number of benzene rings is 1. The summed E-state index contributed by atoms with van der Waals surface area (Å²) in [6.45, 7) is 7.05. The molecule has 0 saturated carbocycles. The van der Waals surface area contributed by atoms with E-state index in [1.165, 1.54) is 44.1 Å². The van der Waals surface area contributed by atoms with Crippen molar-refractivity contribution in [3.63, 3.8) is 0 Å². The minimum absolute atomic E-state index is 1.15. The van der Waals surface area contributed by atoms with Crippen LogP contribution in [0.2, 0.25) is 13.3 Å². The van der Waals surface area contributed by atoms with E-state index in [2.05, 4.69) is 73.4 Å². The number of allylic oxidation sites excluding steroid dienone is 3. The summed E-state index contributed by atoms with van der Waals surface area (Å²) in [6, 6.07) is 10.8. The molecule has 0 aliphatic heterocycles. The number of hydrogen-bond donors (Lipinski definition) is 0. The van der Waals surface area contributed by atoms with Crippen LogP contribution in [0.25, 0.3) is 0 Å². The van der Waals surface area contributed by atoms with Crippen molar-refractivity contribution in [3.05, 3.63) is 58.2 Å². The van der Waals surface area contributed by atoms with Crippen molar-refractivity contribution in [3.8, 4) is 0 Å². The zero-order valence-electron chi connectivity index (χ0n) is 17.0. The van der Waals surface area contributed by atoms with Crippen molar-refractivity contribution >= 4 is 18.4 Å². The third-order valence-corrected chi connectivity index (χ3v) is 19.3. The van der Waals surface area contributed by atoms with Gasteiger partial charge in [-0.05, 0) is 0 Å². The molecule has 0 saturated heterocycles. The summed E-state index contributed by atoms with van der Waals surface area (Å²) >= 11 is -2.06.